The molecule has 2 aromatic rings. The number of benzene rings is 1. The van der Waals surface area contributed by atoms with Crippen LogP contribution in [0.15, 0.2) is 24.3 Å². The Hall–Kier alpha value is -2.05. The van der Waals surface area contributed by atoms with Crippen molar-refractivity contribution in [2.24, 2.45) is 0 Å². The van der Waals surface area contributed by atoms with Crippen LogP contribution in [0.25, 0.3) is 0 Å². The number of aromatic nitrogens is 3. The number of quaternary nitrogens is 1. The number of nitrogens with zero attached hydrogens (tertiary/aromatic N) is 6. The molecule has 2 fully saturated rings. The van der Waals surface area contributed by atoms with E-state index in [0.717, 1.165) is 25.7 Å². The molecule has 0 bridgehead atoms. The Kier molecular flexibility index (Phi) is 10.0. The fourth-order valence-corrected chi connectivity index (χ4v) is 5.86. The first-order valence-electron chi connectivity index (χ1n) is 13.4. The van der Waals surface area contributed by atoms with Gasteiger partial charge in [-0.2, -0.15) is 20.0 Å². The van der Waals surface area contributed by atoms with Crippen molar-refractivity contribution in [2.75, 3.05) is 56.3 Å². The predicted octanol–water partition coefficient (Wildman–Crippen LogP) is 4.47. The summed E-state index contributed by atoms with van der Waals surface area (Å²) in [6.45, 7) is 1.37. The molecule has 14 heteroatoms. The summed E-state index contributed by atoms with van der Waals surface area (Å²) in [5.41, 5.74) is 0.695. The Morgan fingerprint density at radius 1 is 1.08 bits per heavy atom. The van der Waals surface area contributed by atoms with Crippen molar-refractivity contribution in [1.29, 1.82) is 0 Å². The molecular weight excluding hydrogens is 545 g/mol. The van der Waals surface area contributed by atoms with E-state index < -0.39 is 7.82 Å². The van der Waals surface area contributed by atoms with E-state index in [1.807, 2.05) is 26.2 Å². The molecule has 39 heavy (non-hydrogen) atoms. The largest absolute Gasteiger partial charge is 0.474 e. The van der Waals surface area contributed by atoms with Crippen LogP contribution >= 0.6 is 19.4 Å². The van der Waals surface area contributed by atoms with Gasteiger partial charge in [0.2, 0.25) is 11.9 Å². The molecule has 1 aromatic carbocycles. The smallest absolute Gasteiger partial charge is 0.351 e. The molecule has 0 amide bonds. The summed E-state index contributed by atoms with van der Waals surface area (Å²) in [6.07, 6.45) is 8.57. The minimum atomic E-state index is -4.51. The zero-order chi connectivity index (χ0) is 28.0. The lowest BCUT2D eigenvalue weighted by molar-refractivity contribution is -0.929. The average molecular weight is 585 g/mol. The number of likely N-dealkylation sites (tertiary alicyclic amines) is 1. The van der Waals surface area contributed by atoms with Crippen LogP contribution in [0.5, 0.6) is 0 Å². The number of halogens is 1. The van der Waals surface area contributed by atoms with Crippen LogP contribution < -0.4 is 15.3 Å². The highest BCUT2D eigenvalue weighted by molar-refractivity contribution is 7.46. The zero-order valence-electron chi connectivity index (χ0n) is 22.9. The van der Waals surface area contributed by atoms with Crippen molar-refractivity contribution in [2.45, 2.75) is 63.5 Å². The van der Waals surface area contributed by atoms with Crippen molar-refractivity contribution in [3.63, 3.8) is 0 Å². The van der Waals surface area contributed by atoms with Crippen molar-refractivity contribution < 1.29 is 28.2 Å². The summed E-state index contributed by atoms with van der Waals surface area (Å²) in [7, 11) is 0.966. The molecular formula is C25H40ClN7O5P+. The van der Waals surface area contributed by atoms with Gasteiger partial charge in [-0.3, -0.25) is 4.84 Å². The molecule has 2 aliphatic rings. The predicted molar refractivity (Wildman–Crippen MR) is 151 cm³/mol. The second-order valence-corrected chi connectivity index (χ2v) is 12.4. The standard InChI is InChI=1S/C25H39ClN7O5P/c1-31(21-13-15-33(2,16-14-21)18-38-39(34,35)36)24-28-23(27-20-10-6-4-5-7-11-20)29-25(30-24)32(37-3)22-12-8-9-19(26)17-22/h8-9,12,17,20-21H,4-7,10-11,13-16,18H2,1-3H3,(H2-,27,28,29,30,34,35,36)/p+1. The molecule has 0 spiro atoms. The van der Waals surface area contributed by atoms with Gasteiger partial charge in [0.15, 0.2) is 6.73 Å². The highest BCUT2D eigenvalue weighted by Gasteiger charge is 2.35. The zero-order valence-corrected chi connectivity index (χ0v) is 24.5. The summed E-state index contributed by atoms with van der Waals surface area (Å²) in [4.78, 5) is 40.3. The highest BCUT2D eigenvalue weighted by atomic mass is 35.5. The maximum absolute atomic E-state index is 11.2. The van der Waals surface area contributed by atoms with Crippen LogP contribution in [0.2, 0.25) is 5.02 Å². The van der Waals surface area contributed by atoms with E-state index in [1.54, 1.807) is 19.2 Å². The van der Waals surface area contributed by atoms with Crippen LogP contribution in [0.3, 0.4) is 0 Å². The molecule has 12 nitrogen and oxygen atoms in total. The van der Waals surface area contributed by atoms with Gasteiger partial charge in [0.1, 0.15) is 0 Å². The van der Waals surface area contributed by atoms with Crippen LogP contribution in [-0.2, 0) is 13.9 Å². The Bertz CT molecular complexity index is 1140. The van der Waals surface area contributed by atoms with E-state index in [1.165, 1.54) is 30.7 Å². The molecule has 1 aliphatic heterocycles. The van der Waals surface area contributed by atoms with Crippen molar-refractivity contribution >= 4 is 43.0 Å². The number of phosphoric ester groups is 1. The monoisotopic (exact) mass is 584 g/mol. The average Bonchev–Trinajstić information content (AvgIpc) is 3.16. The minimum Gasteiger partial charge on any atom is -0.351 e. The molecule has 1 saturated carbocycles. The third-order valence-electron chi connectivity index (χ3n) is 7.61. The van der Waals surface area contributed by atoms with E-state index in [0.29, 0.717) is 52.2 Å². The van der Waals surface area contributed by atoms with Gasteiger partial charge in [0.25, 0.3) is 5.95 Å². The third-order valence-corrected chi connectivity index (χ3v) is 8.30. The van der Waals surface area contributed by atoms with Gasteiger partial charge in [-0.25, -0.2) is 9.09 Å². The van der Waals surface area contributed by atoms with E-state index in [9.17, 15) is 4.57 Å². The van der Waals surface area contributed by atoms with Crippen LogP contribution in [-0.4, -0.2) is 82.3 Å². The van der Waals surface area contributed by atoms with Gasteiger partial charge in [-0.15, -0.1) is 0 Å². The highest BCUT2D eigenvalue weighted by Crippen LogP contribution is 2.37. The SMILES string of the molecule is CON(c1cccc(Cl)c1)c1nc(NC2CCCCCC2)nc(N(C)C2CC[N+](C)(COP(=O)(O)O)CC2)n1. The van der Waals surface area contributed by atoms with Crippen LogP contribution in [0.1, 0.15) is 51.4 Å². The van der Waals surface area contributed by atoms with E-state index in [2.05, 4.69) is 10.2 Å². The first-order valence-corrected chi connectivity index (χ1v) is 15.3. The topological polar surface area (TPSA) is 133 Å². The quantitative estimate of drug-likeness (QED) is 0.158. The number of rotatable bonds is 10. The Morgan fingerprint density at radius 3 is 2.36 bits per heavy atom. The van der Waals surface area contributed by atoms with Crippen molar-refractivity contribution in [3.05, 3.63) is 29.3 Å². The first-order chi connectivity index (χ1) is 18.5. The van der Waals surface area contributed by atoms with Gasteiger partial charge in [-0.05, 0) is 31.0 Å². The van der Waals surface area contributed by atoms with E-state index in [-0.39, 0.29) is 12.8 Å². The lowest BCUT2D eigenvalue weighted by Crippen LogP contribution is -2.54. The molecule has 1 aliphatic carbocycles. The Labute approximate surface area is 235 Å². The first kappa shape index (κ1) is 29.9. The van der Waals surface area contributed by atoms with E-state index >= 15 is 0 Å². The second-order valence-electron chi connectivity index (χ2n) is 10.7. The fourth-order valence-electron chi connectivity index (χ4n) is 5.25. The summed E-state index contributed by atoms with van der Waals surface area (Å²) in [5.74, 6) is 1.37. The van der Waals surface area contributed by atoms with Crippen molar-refractivity contribution in [1.82, 2.24) is 15.0 Å². The van der Waals surface area contributed by atoms with Gasteiger partial charge < -0.3 is 24.5 Å². The normalized spacial score (nSPS) is 22.8. The molecule has 1 saturated heterocycles. The third kappa shape index (κ3) is 8.47. The summed E-state index contributed by atoms with van der Waals surface area (Å²) < 4.78 is 16.4. The van der Waals surface area contributed by atoms with Gasteiger partial charge in [0, 0.05) is 37.0 Å². The summed E-state index contributed by atoms with van der Waals surface area (Å²) >= 11 is 6.25. The fraction of sp³-hybridized carbons (Fsp3) is 0.640. The molecule has 3 N–H and O–H groups in total. The number of piperidine rings is 1. The Morgan fingerprint density at radius 2 is 1.74 bits per heavy atom. The number of nitrogens with one attached hydrogen (secondary N) is 1. The Balaban J connectivity index is 1.57. The minimum absolute atomic E-state index is 0.0332. The molecule has 4 rings (SSSR count). The lowest BCUT2D eigenvalue weighted by Gasteiger charge is -2.42. The second kappa shape index (κ2) is 13.1. The van der Waals surface area contributed by atoms with Gasteiger partial charge >= 0.3 is 7.82 Å². The van der Waals surface area contributed by atoms with Crippen LogP contribution in [0.4, 0.5) is 23.5 Å². The lowest BCUT2D eigenvalue weighted by atomic mass is 10.0. The van der Waals surface area contributed by atoms with E-state index in [4.69, 9.17) is 45.7 Å². The molecule has 2 heterocycles. The number of hydrogen-bond acceptors (Lipinski definition) is 9. The van der Waals surface area contributed by atoms with Gasteiger partial charge in [-0.1, -0.05) is 43.4 Å². The molecule has 216 valence electrons. The summed E-state index contributed by atoms with van der Waals surface area (Å²) in [5, 5.41) is 5.67. The molecule has 0 unspecified atom stereocenters. The number of phosphoric acid groups is 1. The molecule has 1 aromatic heterocycles. The van der Waals surface area contributed by atoms with Crippen LogP contribution in [0, 0.1) is 0 Å². The maximum Gasteiger partial charge on any atom is 0.474 e. The number of anilines is 4. The van der Waals surface area contributed by atoms with Gasteiger partial charge in [0.05, 0.1) is 32.9 Å². The van der Waals surface area contributed by atoms with Crippen molar-refractivity contribution in [3.8, 4) is 0 Å². The number of hydrogen-bond donors (Lipinski definition) is 3. The molecule has 0 radical (unpaired) electrons. The maximum atomic E-state index is 11.2. The molecule has 0 atom stereocenters. The summed E-state index contributed by atoms with van der Waals surface area (Å²) in [6, 6.07) is 7.73.